The minimum atomic E-state index is -0.865. The van der Waals surface area contributed by atoms with Gasteiger partial charge in [0, 0.05) is 31.0 Å². The number of hydrogen-bond donors (Lipinski definition) is 2. The van der Waals surface area contributed by atoms with Crippen molar-refractivity contribution in [3.8, 4) is 6.07 Å². The second kappa shape index (κ2) is 5.88. The lowest BCUT2D eigenvalue weighted by Crippen LogP contribution is -2.35. The maximum atomic E-state index is 12.8. The maximum absolute atomic E-state index is 12.8. The van der Waals surface area contributed by atoms with E-state index in [1.165, 1.54) is 0 Å². The molecule has 0 aromatic carbocycles. The number of nitrogens with one attached hydrogen (secondary N) is 2. The molecule has 1 aliphatic carbocycles. The van der Waals surface area contributed by atoms with Gasteiger partial charge in [0.05, 0.1) is 6.07 Å². The molecule has 2 N–H and O–H groups in total. The summed E-state index contributed by atoms with van der Waals surface area (Å²) >= 11 is 0. The summed E-state index contributed by atoms with van der Waals surface area (Å²) in [6, 6.07) is 5.31. The largest absolute Gasteiger partial charge is 0.338 e. The molecule has 0 radical (unpaired) electrons. The smallest absolute Gasteiger partial charge is 0.320 e. The molecule has 3 rings (SSSR count). The van der Waals surface area contributed by atoms with Crippen molar-refractivity contribution in [1.29, 1.82) is 5.26 Å². The first-order valence-electron chi connectivity index (χ1n) is 7.85. The molecule has 0 bridgehead atoms. The Morgan fingerprint density at radius 2 is 2.35 bits per heavy atom. The molecule has 7 heteroatoms. The number of rotatable bonds is 4. The van der Waals surface area contributed by atoms with Gasteiger partial charge < -0.3 is 10.2 Å². The first-order valence-corrected chi connectivity index (χ1v) is 7.85. The summed E-state index contributed by atoms with van der Waals surface area (Å²) in [7, 11) is 0. The van der Waals surface area contributed by atoms with Crippen molar-refractivity contribution in [2.75, 3.05) is 23.3 Å². The van der Waals surface area contributed by atoms with Crippen LogP contribution in [0.25, 0.3) is 0 Å². The van der Waals surface area contributed by atoms with Gasteiger partial charge in [0.2, 0.25) is 5.91 Å². The summed E-state index contributed by atoms with van der Waals surface area (Å²) in [6.45, 7) is 2.86. The number of urea groups is 1. The zero-order valence-corrected chi connectivity index (χ0v) is 13.0. The van der Waals surface area contributed by atoms with Gasteiger partial charge in [-0.05, 0) is 38.2 Å². The third-order valence-electron chi connectivity index (χ3n) is 4.46. The van der Waals surface area contributed by atoms with Crippen LogP contribution in [0, 0.1) is 22.7 Å². The van der Waals surface area contributed by atoms with Gasteiger partial charge in [-0.1, -0.05) is 0 Å². The Balaban J connectivity index is 1.79. The number of nitriles is 1. The Hall–Kier alpha value is -2.62. The average molecular weight is 313 g/mol. The number of nitrogens with zero attached hydrogens (tertiary/aromatic N) is 3. The number of carbonyl (C=O) groups excluding carboxylic acids is 2. The van der Waals surface area contributed by atoms with E-state index in [4.69, 9.17) is 0 Å². The van der Waals surface area contributed by atoms with Gasteiger partial charge in [0.15, 0.2) is 0 Å². The molecule has 0 spiro atoms. The Labute approximate surface area is 134 Å². The van der Waals surface area contributed by atoms with E-state index in [9.17, 15) is 14.9 Å². The minimum Gasteiger partial charge on any atom is -0.338 e. The highest BCUT2D eigenvalue weighted by Crippen LogP contribution is 2.51. The van der Waals surface area contributed by atoms with Crippen molar-refractivity contribution >= 4 is 23.4 Å². The summed E-state index contributed by atoms with van der Waals surface area (Å²) in [6.07, 6.45) is 4.02. The molecule has 1 aromatic rings. The van der Waals surface area contributed by atoms with E-state index in [0.717, 1.165) is 12.8 Å². The van der Waals surface area contributed by atoms with Gasteiger partial charge in [-0.2, -0.15) is 5.26 Å². The van der Waals surface area contributed by atoms with Gasteiger partial charge in [0.1, 0.15) is 11.2 Å². The summed E-state index contributed by atoms with van der Waals surface area (Å²) in [4.78, 5) is 30.0. The number of pyridine rings is 1. The number of carbonyl (C=O) groups is 2. The lowest BCUT2D eigenvalue weighted by Gasteiger charge is -2.21. The Bertz CT molecular complexity index is 679. The maximum Gasteiger partial charge on any atom is 0.320 e. The number of hydrogen-bond acceptors (Lipinski definition) is 4. The summed E-state index contributed by atoms with van der Waals surface area (Å²) in [5.41, 5.74) is -0.203. The molecule has 2 heterocycles. The molecule has 120 valence electrons. The van der Waals surface area contributed by atoms with E-state index in [0.29, 0.717) is 31.0 Å². The molecular weight excluding hydrogens is 294 g/mol. The fraction of sp³-hybridized carbons (Fsp3) is 0.500. The highest BCUT2D eigenvalue weighted by atomic mass is 16.2. The molecule has 23 heavy (non-hydrogen) atoms. The van der Waals surface area contributed by atoms with Crippen LogP contribution in [0.2, 0.25) is 0 Å². The summed E-state index contributed by atoms with van der Waals surface area (Å²) in [5, 5.41) is 14.8. The molecule has 1 aromatic heterocycles. The van der Waals surface area contributed by atoms with E-state index < -0.39 is 5.41 Å². The predicted octanol–water partition coefficient (Wildman–Crippen LogP) is 1.88. The lowest BCUT2D eigenvalue weighted by atomic mass is 9.83. The van der Waals surface area contributed by atoms with E-state index in [2.05, 4.69) is 21.7 Å². The molecule has 7 nitrogen and oxygen atoms in total. The van der Waals surface area contributed by atoms with Gasteiger partial charge in [0.25, 0.3) is 0 Å². The van der Waals surface area contributed by atoms with Gasteiger partial charge in [-0.25, -0.2) is 9.78 Å². The van der Waals surface area contributed by atoms with Crippen molar-refractivity contribution in [1.82, 2.24) is 10.3 Å². The average Bonchev–Trinajstić information content (AvgIpc) is 3.33. The first kappa shape index (κ1) is 15.3. The second-order valence-electron chi connectivity index (χ2n) is 5.95. The summed E-state index contributed by atoms with van der Waals surface area (Å²) in [5.74, 6) is 0.444. The van der Waals surface area contributed by atoms with Crippen LogP contribution in [0.15, 0.2) is 18.3 Å². The fourth-order valence-electron chi connectivity index (χ4n) is 3.11. The lowest BCUT2D eigenvalue weighted by molar-refractivity contribution is -0.123. The number of anilines is 2. The molecule has 2 aliphatic rings. The molecule has 2 fully saturated rings. The summed E-state index contributed by atoms with van der Waals surface area (Å²) < 4.78 is 0. The second-order valence-corrected chi connectivity index (χ2v) is 5.95. The molecule has 0 unspecified atom stereocenters. The minimum absolute atomic E-state index is 0.127. The first-order chi connectivity index (χ1) is 11.1. The molecule has 1 atom stereocenters. The Morgan fingerprint density at radius 1 is 1.57 bits per heavy atom. The Kier molecular flexibility index (Phi) is 3.90. The molecule has 1 aliphatic heterocycles. The topological polar surface area (TPSA) is 98.1 Å². The van der Waals surface area contributed by atoms with Crippen LogP contribution in [0.5, 0.6) is 0 Å². The zero-order valence-electron chi connectivity index (χ0n) is 13.0. The van der Waals surface area contributed by atoms with Crippen molar-refractivity contribution < 1.29 is 9.59 Å². The fourth-order valence-corrected chi connectivity index (χ4v) is 3.11. The molecular formula is C16H19N5O2. The van der Waals surface area contributed by atoms with Crippen molar-refractivity contribution in [3.63, 3.8) is 0 Å². The zero-order chi connectivity index (χ0) is 16.4. The number of aromatic nitrogens is 1. The van der Waals surface area contributed by atoms with Crippen LogP contribution in [-0.2, 0) is 4.79 Å². The van der Waals surface area contributed by atoms with Crippen molar-refractivity contribution in [3.05, 3.63) is 18.3 Å². The van der Waals surface area contributed by atoms with Crippen LogP contribution in [0.3, 0.4) is 0 Å². The van der Waals surface area contributed by atoms with Crippen LogP contribution in [0.4, 0.5) is 16.3 Å². The molecule has 1 saturated heterocycles. The quantitative estimate of drug-likeness (QED) is 0.886. The monoisotopic (exact) mass is 313 g/mol. The van der Waals surface area contributed by atoms with E-state index in [1.54, 1.807) is 23.2 Å². The predicted molar refractivity (Wildman–Crippen MR) is 84.7 cm³/mol. The van der Waals surface area contributed by atoms with Crippen molar-refractivity contribution in [2.24, 2.45) is 11.3 Å². The third-order valence-corrected chi connectivity index (χ3v) is 4.46. The highest BCUT2D eigenvalue weighted by Gasteiger charge is 2.56. The van der Waals surface area contributed by atoms with E-state index in [-0.39, 0.29) is 17.9 Å². The highest BCUT2D eigenvalue weighted by molar-refractivity contribution is 6.02. The Morgan fingerprint density at radius 3 is 3.00 bits per heavy atom. The molecule has 1 saturated carbocycles. The van der Waals surface area contributed by atoms with Gasteiger partial charge in [-0.3, -0.25) is 10.1 Å². The van der Waals surface area contributed by atoms with Gasteiger partial charge in [-0.15, -0.1) is 0 Å². The van der Waals surface area contributed by atoms with Gasteiger partial charge >= 0.3 is 6.03 Å². The van der Waals surface area contributed by atoms with Crippen LogP contribution >= 0.6 is 0 Å². The number of amides is 3. The van der Waals surface area contributed by atoms with Crippen molar-refractivity contribution in [2.45, 2.75) is 26.2 Å². The van der Waals surface area contributed by atoms with Crippen LogP contribution in [-0.4, -0.2) is 30.0 Å². The normalized spacial score (nSPS) is 23.5. The van der Waals surface area contributed by atoms with E-state index in [1.807, 2.05) is 6.92 Å². The standard InChI is InChI=1S/C16H19N5O2/c1-2-18-15(23)20-13-9-12(5-7-19-13)21-8-6-16(10-17,14(21)22)11-3-4-11/h5,7,9,11H,2-4,6,8H2,1H3,(H2,18,19,20,23)/t16-/m1/s1. The van der Waals surface area contributed by atoms with E-state index >= 15 is 0 Å². The van der Waals surface area contributed by atoms with Crippen LogP contribution in [0.1, 0.15) is 26.2 Å². The third kappa shape index (κ3) is 2.72. The van der Waals surface area contributed by atoms with Crippen LogP contribution < -0.4 is 15.5 Å². The molecule has 3 amide bonds. The SMILES string of the molecule is CCNC(=O)Nc1cc(N2CC[C@@](C#N)(C3CC3)C2=O)ccn1.